The molecule has 0 saturated heterocycles. The van der Waals surface area contributed by atoms with Crippen molar-refractivity contribution in [1.82, 2.24) is 5.32 Å². The van der Waals surface area contributed by atoms with Gasteiger partial charge in [-0.25, -0.2) is 0 Å². The Kier molecular flexibility index (Phi) is 6.51. The summed E-state index contributed by atoms with van der Waals surface area (Å²) in [5.41, 5.74) is 0. The van der Waals surface area contributed by atoms with E-state index in [1.165, 1.54) is 0 Å². The van der Waals surface area contributed by atoms with E-state index in [1.54, 1.807) is 0 Å². The highest BCUT2D eigenvalue weighted by Crippen LogP contribution is 1.99. The SMILES string of the molecule is CCCC(O)[N]C(O)CCC. The van der Waals surface area contributed by atoms with E-state index in [9.17, 15) is 0 Å². The first kappa shape index (κ1) is 10.9. The van der Waals surface area contributed by atoms with Gasteiger partial charge in [-0.2, -0.15) is 5.32 Å². The van der Waals surface area contributed by atoms with Crippen molar-refractivity contribution in [3.63, 3.8) is 0 Å². The van der Waals surface area contributed by atoms with Crippen LogP contribution >= 0.6 is 0 Å². The molecular formula is C8H18NO2. The Morgan fingerprint density at radius 2 is 1.36 bits per heavy atom. The first-order valence-corrected chi connectivity index (χ1v) is 4.26. The minimum Gasteiger partial charge on any atom is -0.377 e. The topological polar surface area (TPSA) is 54.6 Å². The van der Waals surface area contributed by atoms with Crippen LogP contribution in [0, 0.1) is 0 Å². The fraction of sp³-hybridized carbons (Fsp3) is 1.00. The molecule has 0 aromatic rings. The minimum absolute atomic E-state index is 0.640. The van der Waals surface area contributed by atoms with E-state index in [1.807, 2.05) is 13.8 Å². The van der Waals surface area contributed by atoms with Gasteiger partial charge in [0, 0.05) is 0 Å². The van der Waals surface area contributed by atoms with E-state index >= 15 is 0 Å². The van der Waals surface area contributed by atoms with E-state index in [0.717, 1.165) is 12.8 Å². The first-order chi connectivity index (χ1) is 5.20. The van der Waals surface area contributed by atoms with Gasteiger partial charge in [0.2, 0.25) is 0 Å². The van der Waals surface area contributed by atoms with Gasteiger partial charge in [-0.3, -0.25) is 0 Å². The second-order valence-corrected chi connectivity index (χ2v) is 2.69. The summed E-state index contributed by atoms with van der Waals surface area (Å²) in [7, 11) is 0. The normalized spacial score (nSPS) is 16.4. The van der Waals surface area contributed by atoms with Gasteiger partial charge < -0.3 is 10.2 Å². The van der Waals surface area contributed by atoms with Crippen molar-refractivity contribution >= 4 is 0 Å². The maximum Gasteiger partial charge on any atom is 0.123 e. The van der Waals surface area contributed by atoms with Crippen LogP contribution < -0.4 is 5.32 Å². The molecule has 0 aromatic carbocycles. The molecule has 0 bridgehead atoms. The molecule has 2 unspecified atom stereocenters. The van der Waals surface area contributed by atoms with Crippen LogP contribution in [0.15, 0.2) is 0 Å². The highest BCUT2D eigenvalue weighted by Gasteiger charge is 2.09. The maximum absolute atomic E-state index is 9.12. The molecule has 67 valence electrons. The quantitative estimate of drug-likeness (QED) is 0.604. The predicted octanol–water partition coefficient (Wildman–Crippen LogP) is 0.828. The van der Waals surface area contributed by atoms with Gasteiger partial charge in [0.1, 0.15) is 12.5 Å². The van der Waals surface area contributed by atoms with Gasteiger partial charge in [0.15, 0.2) is 0 Å². The second kappa shape index (κ2) is 6.58. The first-order valence-electron chi connectivity index (χ1n) is 4.26. The molecule has 2 atom stereocenters. The number of aliphatic hydroxyl groups excluding tert-OH is 2. The molecule has 3 nitrogen and oxygen atoms in total. The largest absolute Gasteiger partial charge is 0.377 e. The van der Waals surface area contributed by atoms with Crippen molar-refractivity contribution in [2.45, 2.75) is 52.0 Å². The molecule has 1 radical (unpaired) electrons. The van der Waals surface area contributed by atoms with Crippen LogP contribution in [-0.2, 0) is 0 Å². The molecule has 0 saturated carbocycles. The lowest BCUT2D eigenvalue weighted by atomic mass is 10.2. The summed E-state index contributed by atoms with van der Waals surface area (Å²) in [6.07, 6.45) is 1.71. The van der Waals surface area contributed by atoms with Crippen LogP contribution in [0.1, 0.15) is 39.5 Å². The molecule has 0 aliphatic carbocycles. The van der Waals surface area contributed by atoms with Gasteiger partial charge in [-0.1, -0.05) is 26.7 Å². The van der Waals surface area contributed by atoms with Crippen LogP contribution in [0.2, 0.25) is 0 Å². The Morgan fingerprint density at radius 1 is 1.00 bits per heavy atom. The van der Waals surface area contributed by atoms with E-state index in [-0.39, 0.29) is 0 Å². The fourth-order valence-electron chi connectivity index (χ4n) is 0.864. The zero-order valence-corrected chi connectivity index (χ0v) is 7.32. The third kappa shape index (κ3) is 6.28. The van der Waals surface area contributed by atoms with Crippen LogP contribution in [0.3, 0.4) is 0 Å². The molecule has 0 aliphatic rings. The lowest BCUT2D eigenvalue weighted by Crippen LogP contribution is -2.31. The summed E-state index contributed by atoms with van der Waals surface area (Å²) in [6, 6.07) is 0. The molecule has 0 aromatic heterocycles. The summed E-state index contributed by atoms with van der Waals surface area (Å²) in [5, 5.41) is 22.0. The Morgan fingerprint density at radius 3 is 1.64 bits per heavy atom. The van der Waals surface area contributed by atoms with E-state index in [2.05, 4.69) is 5.32 Å². The fourth-order valence-corrected chi connectivity index (χ4v) is 0.864. The number of hydrogen-bond acceptors (Lipinski definition) is 2. The summed E-state index contributed by atoms with van der Waals surface area (Å²) >= 11 is 0. The van der Waals surface area contributed by atoms with Crippen molar-refractivity contribution < 1.29 is 10.2 Å². The van der Waals surface area contributed by atoms with Crippen LogP contribution in [-0.4, -0.2) is 22.7 Å². The smallest absolute Gasteiger partial charge is 0.123 e. The Bertz CT molecular complexity index is 78.2. The number of rotatable bonds is 6. The van der Waals surface area contributed by atoms with Gasteiger partial charge in [-0.15, -0.1) is 0 Å². The maximum atomic E-state index is 9.12. The van der Waals surface area contributed by atoms with Crippen molar-refractivity contribution in [1.29, 1.82) is 0 Å². The van der Waals surface area contributed by atoms with Crippen molar-refractivity contribution in [3.8, 4) is 0 Å². The molecule has 0 fully saturated rings. The Balaban J connectivity index is 3.32. The molecular weight excluding hydrogens is 142 g/mol. The van der Waals surface area contributed by atoms with Crippen molar-refractivity contribution in [2.75, 3.05) is 0 Å². The van der Waals surface area contributed by atoms with Gasteiger partial charge in [0.05, 0.1) is 0 Å². The zero-order valence-electron chi connectivity index (χ0n) is 7.32. The summed E-state index contributed by atoms with van der Waals surface area (Å²) in [5.74, 6) is 0. The summed E-state index contributed by atoms with van der Waals surface area (Å²) in [6.45, 7) is 3.95. The molecule has 0 amide bonds. The average molecular weight is 160 g/mol. The molecule has 3 heteroatoms. The van der Waals surface area contributed by atoms with Crippen molar-refractivity contribution in [3.05, 3.63) is 0 Å². The van der Waals surface area contributed by atoms with Gasteiger partial charge in [-0.05, 0) is 12.8 Å². The van der Waals surface area contributed by atoms with Crippen molar-refractivity contribution in [2.24, 2.45) is 0 Å². The van der Waals surface area contributed by atoms with Crippen LogP contribution in [0.5, 0.6) is 0 Å². The number of aliphatic hydroxyl groups is 2. The van der Waals surface area contributed by atoms with Gasteiger partial charge >= 0.3 is 0 Å². The van der Waals surface area contributed by atoms with E-state index in [0.29, 0.717) is 12.8 Å². The molecule has 11 heavy (non-hydrogen) atoms. The lowest BCUT2D eigenvalue weighted by Gasteiger charge is -2.13. The van der Waals surface area contributed by atoms with Crippen LogP contribution in [0.4, 0.5) is 0 Å². The van der Waals surface area contributed by atoms with E-state index in [4.69, 9.17) is 10.2 Å². The summed E-state index contributed by atoms with van der Waals surface area (Å²) < 4.78 is 0. The minimum atomic E-state index is -0.679. The highest BCUT2D eigenvalue weighted by atomic mass is 16.3. The Labute approximate surface area is 68.4 Å². The summed E-state index contributed by atoms with van der Waals surface area (Å²) in [4.78, 5) is 0. The standard InChI is InChI=1S/C8H18NO2/c1-3-5-7(10)9-8(11)6-4-2/h7-8,10-11H,3-6H2,1-2H3. The third-order valence-corrected chi connectivity index (χ3v) is 1.44. The number of hydrogen-bond donors (Lipinski definition) is 2. The molecule has 0 aliphatic heterocycles. The second-order valence-electron chi connectivity index (χ2n) is 2.69. The lowest BCUT2D eigenvalue weighted by molar-refractivity contribution is 0.0278. The average Bonchev–Trinajstić information content (AvgIpc) is 1.87. The molecule has 0 spiro atoms. The monoisotopic (exact) mass is 160 g/mol. The van der Waals surface area contributed by atoms with E-state index < -0.39 is 12.5 Å². The van der Waals surface area contributed by atoms with Crippen LogP contribution in [0.25, 0.3) is 0 Å². The zero-order chi connectivity index (χ0) is 8.69. The molecule has 0 rings (SSSR count). The highest BCUT2D eigenvalue weighted by molar-refractivity contribution is 4.55. The molecule has 2 N–H and O–H groups in total. The van der Waals surface area contributed by atoms with Gasteiger partial charge in [0.25, 0.3) is 0 Å². The third-order valence-electron chi connectivity index (χ3n) is 1.44. The predicted molar refractivity (Wildman–Crippen MR) is 44.0 cm³/mol. The number of nitrogens with zero attached hydrogens (tertiary/aromatic N) is 1. The Hall–Kier alpha value is -0.120. The molecule has 0 heterocycles.